The second-order valence-electron chi connectivity index (χ2n) is 7.18. The topological polar surface area (TPSA) is 61.4 Å². The van der Waals surface area contributed by atoms with Gasteiger partial charge in [0.1, 0.15) is 6.04 Å². The molecule has 0 spiro atoms. The van der Waals surface area contributed by atoms with Crippen LogP contribution in [0.5, 0.6) is 0 Å². The van der Waals surface area contributed by atoms with Crippen LogP contribution in [0.15, 0.2) is 30.3 Å². The van der Waals surface area contributed by atoms with Gasteiger partial charge in [0.05, 0.1) is 0 Å². The lowest BCUT2D eigenvalue weighted by Crippen LogP contribution is -2.49. The maximum absolute atomic E-state index is 13.0. The Morgan fingerprint density at radius 1 is 0.920 bits per heavy atom. The van der Waals surface area contributed by atoms with Gasteiger partial charge >= 0.3 is 6.03 Å². The fourth-order valence-corrected chi connectivity index (χ4v) is 3.84. The second-order valence-corrected chi connectivity index (χ2v) is 7.18. The van der Waals surface area contributed by atoms with Gasteiger partial charge in [-0.2, -0.15) is 0 Å². The minimum Gasteiger partial charge on any atom is -0.341 e. The second kappa shape index (κ2) is 8.88. The first-order chi connectivity index (χ1) is 12.2. The Balaban J connectivity index is 1.67. The number of rotatable bonds is 4. The molecule has 1 aromatic rings. The Bertz CT molecular complexity index is 564. The molecule has 0 unspecified atom stereocenters. The largest absolute Gasteiger partial charge is 0.341 e. The summed E-state index contributed by atoms with van der Waals surface area (Å²) < 4.78 is 0. The number of nitrogens with one attached hydrogen (secondary N) is 2. The molecular weight excluding hydrogens is 314 g/mol. The molecular formula is C20H29N3O2. The van der Waals surface area contributed by atoms with Crippen molar-refractivity contribution in [3.05, 3.63) is 35.9 Å². The van der Waals surface area contributed by atoms with E-state index in [2.05, 4.69) is 10.6 Å². The summed E-state index contributed by atoms with van der Waals surface area (Å²) in [5.74, 6) is 0.00435. The number of hydrogen-bond donors (Lipinski definition) is 2. The molecule has 3 rings (SSSR count). The molecule has 1 heterocycles. The molecule has 1 aromatic carbocycles. The van der Waals surface area contributed by atoms with Gasteiger partial charge in [-0.15, -0.1) is 0 Å². The molecule has 5 heteroatoms. The number of carbonyl (C=O) groups is 2. The Hall–Kier alpha value is -2.04. The highest BCUT2D eigenvalue weighted by Crippen LogP contribution is 2.20. The van der Waals surface area contributed by atoms with Crippen LogP contribution in [0.1, 0.15) is 63.0 Å². The Kier molecular flexibility index (Phi) is 6.31. The number of carbonyl (C=O) groups excluding carboxylic acids is 2. The molecule has 5 nitrogen and oxygen atoms in total. The van der Waals surface area contributed by atoms with Gasteiger partial charge in [0.2, 0.25) is 5.91 Å². The van der Waals surface area contributed by atoms with Crippen LogP contribution in [-0.2, 0) is 4.79 Å². The Labute approximate surface area is 150 Å². The number of nitrogens with zero attached hydrogens (tertiary/aromatic N) is 1. The minimum atomic E-state index is -0.608. The highest BCUT2D eigenvalue weighted by molar-refractivity contribution is 5.88. The van der Waals surface area contributed by atoms with Gasteiger partial charge in [-0.25, -0.2) is 4.79 Å². The molecule has 0 aromatic heterocycles. The lowest BCUT2D eigenvalue weighted by atomic mass is 9.96. The van der Waals surface area contributed by atoms with Crippen molar-refractivity contribution in [2.45, 2.75) is 63.5 Å². The predicted octanol–water partition coefficient (Wildman–Crippen LogP) is 3.37. The molecule has 25 heavy (non-hydrogen) atoms. The van der Waals surface area contributed by atoms with E-state index in [1.165, 1.54) is 25.7 Å². The fraction of sp³-hybridized carbons (Fsp3) is 0.600. The van der Waals surface area contributed by atoms with E-state index in [0.29, 0.717) is 0 Å². The van der Waals surface area contributed by atoms with Gasteiger partial charge in [0.25, 0.3) is 0 Å². The van der Waals surface area contributed by atoms with Crippen molar-refractivity contribution in [2.75, 3.05) is 13.1 Å². The predicted molar refractivity (Wildman–Crippen MR) is 98.2 cm³/mol. The summed E-state index contributed by atoms with van der Waals surface area (Å²) in [6.45, 7) is 1.57. The molecule has 2 fully saturated rings. The van der Waals surface area contributed by atoms with Gasteiger partial charge in [0, 0.05) is 19.1 Å². The normalized spacial score (nSPS) is 19.9. The zero-order valence-electron chi connectivity index (χ0n) is 14.9. The number of benzene rings is 1. The van der Waals surface area contributed by atoms with Crippen LogP contribution < -0.4 is 10.6 Å². The highest BCUT2D eigenvalue weighted by atomic mass is 16.2. The van der Waals surface area contributed by atoms with Gasteiger partial charge in [0.15, 0.2) is 0 Å². The third-order valence-electron chi connectivity index (χ3n) is 5.26. The summed E-state index contributed by atoms with van der Waals surface area (Å²) >= 11 is 0. The van der Waals surface area contributed by atoms with E-state index in [0.717, 1.165) is 44.3 Å². The molecule has 0 radical (unpaired) electrons. The van der Waals surface area contributed by atoms with E-state index in [9.17, 15) is 9.59 Å². The van der Waals surface area contributed by atoms with Crippen molar-refractivity contribution >= 4 is 11.9 Å². The van der Waals surface area contributed by atoms with Crippen LogP contribution in [0.4, 0.5) is 4.79 Å². The molecule has 3 amide bonds. The van der Waals surface area contributed by atoms with Gasteiger partial charge < -0.3 is 15.5 Å². The van der Waals surface area contributed by atoms with Crippen LogP contribution in [0.25, 0.3) is 0 Å². The summed E-state index contributed by atoms with van der Waals surface area (Å²) in [5, 5.41) is 5.99. The smallest absolute Gasteiger partial charge is 0.315 e. The Morgan fingerprint density at radius 3 is 2.24 bits per heavy atom. The molecule has 0 bridgehead atoms. The summed E-state index contributed by atoms with van der Waals surface area (Å²) in [6.07, 6.45) is 8.91. The number of amides is 3. The number of likely N-dealkylation sites (tertiary alicyclic amines) is 1. The lowest BCUT2D eigenvalue weighted by Gasteiger charge is -2.31. The fourth-order valence-electron chi connectivity index (χ4n) is 3.84. The van der Waals surface area contributed by atoms with E-state index >= 15 is 0 Å². The third-order valence-corrected chi connectivity index (χ3v) is 5.26. The van der Waals surface area contributed by atoms with Crippen molar-refractivity contribution in [3.8, 4) is 0 Å². The first-order valence-electron chi connectivity index (χ1n) is 9.65. The monoisotopic (exact) mass is 343 g/mol. The van der Waals surface area contributed by atoms with Crippen LogP contribution in [-0.4, -0.2) is 36.0 Å². The molecule has 1 atom stereocenters. The molecule has 1 aliphatic heterocycles. The van der Waals surface area contributed by atoms with Crippen molar-refractivity contribution in [3.63, 3.8) is 0 Å². The minimum absolute atomic E-state index is 0.00435. The SMILES string of the molecule is O=C(NC1CCCCC1)N[C@H](C(=O)N1CCCCC1)c1ccccc1. The number of hydrogen-bond acceptors (Lipinski definition) is 2. The maximum Gasteiger partial charge on any atom is 0.315 e. The lowest BCUT2D eigenvalue weighted by molar-refractivity contribution is -0.134. The quantitative estimate of drug-likeness (QED) is 0.880. The molecule has 1 aliphatic carbocycles. The van der Waals surface area contributed by atoms with E-state index in [1.807, 2.05) is 35.2 Å². The van der Waals surface area contributed by atoms with E-state index in [-0.39, 0.29) is 18.0 Å². The van der Waals surface area contributed by atoms with Gasteiger partial charge in [-0.1, -0.05) is 49.6 Å². The standard InChI is InChI=1S/C20H29N3O2/c24-19(23-14-8-3-9-15-23)18(16-10-4-1-5-11-16)22-20(25)21-17-12-6-2-7-13-17/h1,4-5,10-11,17-18H,2-3,6-9,12-15H2,(H2,21,22,25)/t18-/m0/s1. The van der Waals surface area contributed by atoms with Crippen LogP contribution in [0, 0.1) is 0 Å². The van der Waals surface area contributed by atoms with Crippen LogP contribution >= 0.6 is 0 Å². The Morgan fingerprint density at radius 2 is 1.56 bits per heavy atom. The summed E-state index contributed by atoms with van der Waals surface area (Å²) in [6, 6.07) is 8.96. The van der Waals surface area contributed by atoms with Crippen LogP contribution in [0.3, 0.4) is 0 Å². The number of urea groups is 1. The molecule has 1 saturated heterocycles. The highest BCUT2D eigenvalue weighted by Gasteiger charge is 2.29. The zero-order valence-corrected chi connectivity index (χ0v) is 14.9. The summed E-state index contributed by atoms with van der Waals surface area (Å²) in [5.41, 5.74) is 0.844. The van der Waals surface area contributed by atoms with E-state index in [4.69, 9.17) is 0 Å². The summed E-state index contributed by atoms with van der Waals surface area (Å²) in [7, 11) is 0. The summed E-state index contributed by atoms with van der Waals surface area (Å²) in [4.78, 5) is 27.4. The number of piperidine rings is 1. The van der Waals surface area contributed by atoms with Crippen LogP contribution in [0.2, 0.25) is 0 Å². The molecule has 2 aliphatic rings. The molecule has 2 N–H and O–H groups in total. The van der Waals surface area contributed by atoms with Gasteiger partial charge in [-0.05, 0) is 37.7 Å². The molecule has 1 saturated carbocycles. The van der Waals surface area contributed by atoms with Crippen molar-refractivity contribution in [2.24, 2.45) is 0 Å². The van der Waals surface area contributed by atoms with Crippen molar-refractivity contribution in [1.29, 1.82) is 0 Å². The van der Waals surface area contributed by atoms with Crippen molar-refractivity contribution < 1.29 is 9.59 Å². The average Bonchev–Trinajstić information content (AvgIpc) is 2.68. The third kappa shape index (κ3) is 4.97. The van der Waals surface area contributed by atoms with Crippen molar-refractivity contribution in [1.82, 2.24) is 15.5 Å². The maximum atomic E-state index is 13.0. The first-order valence-corrected chi connectivity index (χ1v) is 9.65. The van der Waals surface area contributed by atoms with E-state index in [1.54, 1.807) is 0 Å². The molecule has 136 valence electrons. The zero-order chi connectivity index (χ0) is 17.5. The average molecular weight is 343 g/mol. The first kappa shape index (κ1) is 17.8. The van der Waals surface area contributed by atoms with Gasteiger partial charge in [-0.3, -0.25) is 4.79 Å². The van der Waals surface area contributed by atoms with E-state index < -0.39 is 6.04 Å².